The Bertz CT molecular complexity index is 1530. The maximum Gasteiger partial charge on any atom is 0.272 e. The lowest BCUT2D eigenvalue weighted by Crippen LogP contribution is -2.64. The van der Waals surface area contributed by atoms with Crippen LogP contribution in [0.2, 0.25) is 0 Å². The molecule has 1 atom stereocenters. The molecule has 7 heteroatoms. The molecule has 2 aliphatic rings. The molecule has 1 saturated carbocycles. The number of methoxy groups -OCH3 is 1. The van der Waals surface area contributed by atoms with Crippen LogP contribution in [0.15, 0.2) is 83.3 Å². The minimum absolute atomic E-state index is 0.104. The number of para-hydroxylation sites is 1. The van der Waals surface area contributed by atoms with E-state index in [-0.39, 0.29) is 24.4 Å². The second-order valence-electron chi connectivity index (χ2n) is 10.6. The van der Waals surface area contributed by atoms with Crippen molar-refractivity contribution in [3.63, 3.8) is 0 Å². The first-order valence-corrected chi connectivity index (χ1v) is 14.4. The van der Waals surface area contributed by atoms with Gasteiger partial charge in [0.15, 0.2) is 5.54 Å². The number of amides is 2. The first-order chi connectivity index (χ1) is 19.0. The van der Waals surface area contributed by atoms with E-state index >= 15 is 0 Å². The molecule has 1 aliphatic heterocycles. The first kappa shape index (κ1) is 25.7. The fourth-order valence-electron chi connectivity index (χ4n) is 6.27. The topological polar surface area (TPSA) is 63.6 Å². The van der Waals surface area contributed by atoms with E-state index in [4.69, 9.17) is 4.74 Å². The van der Waals surface area contributed by atoms with Crippen LogP contribution in [-0.2, 0) is 23.4 Å². The second-order valence-corrected chi connectivity index (χ2v) is 11.5. The van der Waals surface area contributed by atoms with Crippen LogP contribution in [0.3, 0.4) is 0 Å². The highest BCUT2D eigenvalue weighted by atomic mass is 79.9. The fourth-order valence-corrected chi connectivity index (χ4v) is 6.68. The number of halogens is 1. The Hall–Kier alpha value is -3.58. The Morgan fingerprint density at radius 2 is 1.74 bits per heavy atom. The van der Waals surface area contributed by atoms with Crippen molar-refractivity contribution in [1.29, 1.82) is 0 Å². The summed E-state index contributed by atoms with van der Waals surface area (Å²) >= 11 is 3.58. The molecule has 0 bridgehead atoms. The standard InChI is InChI=1S/C32H32BrN3O3/c1-39-29-17-16-25(33)18-23(29)20-36-30(37)28-19-22-10-8-9-15-27(22)35(28)21-32(36,24-11-4-2-5-12-24)31(38)34-26-13-6-3-7-14-26/h2,4-5,8-12,15-19,26H,3,6-7,13-14,20-21H2,1H3,(H,34,38). The molecule has 1 N–H and O–H groups in total. The molecule has 3 aromatic carbocycles. The lowest BCUT2D eigenvalue weighted by Gasteiger charge is -2.47. The SMILES string of the molecule is COc1ccc(Br)cc1CN1C(=O)c2cc3ccccc3n2CC1(C(=O)NC1CCCCC1)c1ccccc1. The van der Waals surface area contributed by atoms with E-state index in [0.29, 0.717) is 18.0 Å². The zero-order valence-electron chi connectivity index (χ0n) is 22.0. The molecule has 6 rings (SSSR count). The summed E-state index contributed by atoms with van der Waals surface area (Å²) in [4.78, 5) is 31.0. The van der Waals surface area contributed by atoms with Gasteiger partial charge in [-0.1, -0.05) is 83.7 Å². The Balaban J connectivity index is 1.56. The van der Waals surface area contributed by atoms with Crippen LogP contribution in [0.25, 0.3) is 10.9 Å². The zero-order valence-corrected chi connectivity index (χ0v) is 23.6. The minimum atomic E-state index is -1.25. The Labute approximate surface area is 237 Å². The van der Waals surface area contributed by atoms with Crippen LogP contribution in [0.4, 0.5) is 0 Å². The molecule has 1 aromatic heterocycles. The molecule has 6 nitrogen and oxygen atoms in total. The van der Waals surface area contributed by atoms with Gasteiger partial charge in [0.1, 0.15) is 11.4 Å². The molecule has 0 spiro atoms. The number of fused-ring (bicyclic) bond motifs is 3. The van der Waals surface area contributed by atoms with Gasteiger partial charge in [-0.3, -0.25) is 9.59 Å². The third-order valence-corrected chi connectivity index (χ3v) is 8.75. The molecule has 2 amide bonds. The van der Waals surface area contributed by atoms with E-state index in [1.54, 1.807) is 12.0 Å². The van der Waals surface area contributed by atoms with Gasteiger partial charge < -0.3 is 19.5 Å². The molecule has 1 fully saturated rings. The quantitative estimate of drug-likeness (QED) is 0.284. The number of rotatable bonds is 6. The van der Waals surface area contributed by atoms with Gasteiger partial charge in [0.2, 0.25) is 0 Å². The third kappa shape index (κ3) is 4.52. The number of ether oxygens (including phenoxy) is 1. The van der Waals surface area contributed by atoms with Gasteiger partial charge in [0, 0.05) is 27.0 Å². The van der Waals surface area contributed by atoms with Crippen LogP contribution in [0, 0.1) is 0 Å². The average molecular weight is 587 g/mol. The maximum absolute atomic E-state index is 14.7. The largest absolute Gasteiger partial charge is 0.496 e. The summed E-state index contributed by atoms with van der Waals surface area (Å²) < 4.78 is 8.60. The molecular weight excluding hydrogens is 554 g/mol. The van der Waals surface area contributed by atoms with Crippen LogP contribution >= 0.6 is 15.9 Å². The van der Waals surface area contributed by atoms with Crippen molar-refractivity contribution in [2.24, 2.45) is 0 Å². The van der Waals surface area contributed by atoms with Crippen molar-refractivity contribution in [2.75, 3.05) is 7.11 Å². The summed E-state index contributed by atoms with van der Waals surface area (Å²) in [5.41, 5.74) is 1.91. The Kier molecular flexibility index (Phi) is 6.94. The average Bonchev–Trinajstić information content (AvgIpc) is 3.34. The molecule has 0 saturated heterocycles. The van der Waals surface area contributed by atoms with Crippen molar-refractivity contribution in [3.8, 4) is 5.75 Å². The van der Waals surface area contributed by atoms with Crippen LogP contribution < -0.4 is 10.1 Å². The van der Waals surface area contributed by atoms with E-state index in [9.17, 15) is 9.59 Å². The first-order valence-electron chi connectivity index (χ1n) is 13.6. The van der Waals surface area contributed by atoms with Crippen molar-refractivity contribution in [3.05, 3.63) is 100 Å². The summed E-state index contributed by atoms with van der Waals surface area (Å²) in [6.07, 6.45) is 5.33. The summed E-state index contributed by atoms with van der Waals surface area (Å²) in [5.74, 6) is 0.361. The molecule has 200 valence electrons. The molecule has 2 heterocycles. The van der Waals surface area contributed by atoms with E-state index in [2.05, 4.69) is 21.2 Å². The third-order valence-electron chi connectivity index (χ3n) is 8.26. The maximum atomic E-state index is 14.7. The van der Waals surface area contributed by atoms with E-state index in [1.165, 1.54) is 6.42 Å². The van der Waals surface area contributed by atoms with Crippen molar-refractivity contribution in [2.45, 2.75) is 56.8 Å². The van der Waals surface area contributed by atoms with Gasteiger partial charge >= 0.3 is 0 Å². The zero-order chi connectivity index (χ0) is 27.0. The molecule has 1 aliphatic carbocycles. The smallest absolute Gasteiger partial charge is 0.272 e. The molecule has 4 aromatic rings. The van der Waals surface area contributed by atoms with Gasteiger partial charge in [0.25, 0.3) is 11.8 Å². The number of carbonyl (C=O) groups excluding carboxylic acids is 2. The van der Waals surface area contributed by atoms with E-state index in [1.807, 2.05) is 83.4 Å². The number of hydrogen-bond acceptors (Lipinski definition) is 3. The monoisotopic (exact) mass is 585 g/mol. The van der Waals surface area contributed by atoms with Gasteiger partial charge in [-0.15, -0.1) is 0 Å². The molecule has 1 unspecified atom stereocenters. The summed E-state index contributed by atoms with van der Waals surface area (Å²) in [6.45, 7) is 0.538. The summed E-state index contributed by atoms with van der Waals surface area (Å²) in [5, 5.41) is 4.37. The normalized spacial score (nSPS) is 19.6. The highest BCUT2D eigenvalue weighted by Gasteiger charge is 2.53. The number of hydrogen-bond donors (Lipinski definition) is 1. The predicted molar refractivity (Wildman–Crippen MR) is 156 cm³/mol. The predicted octanol–water partition coefficient (Wildman–Crippen LogP) is 6.41. The van der Waals surface area contributed by atoms with Gasteiger partial charge in [-0.2, -0.15) is 0 Å². The van der Waals surface area contributed by atoms with E-state index < -0.39 is 5.54 Å². The van der Waals surface area contributed by atoms with Crippen LogP contribution in [0.5, 0.6) is 5.75 Å². The lowest BCUT2D eigenvalue weighted by molar-refractivity contribution is -0.136. The van der Waals surface area contributed by atoms with E-state index in [0.717, 1.165) is 52.2 Å². The van der Waals surface area contributed by atoms with Crippen LogP contribution in [-0.4, -0.2) is 34.4 Å². The van der Waals surface area contributed by atoms with Gasteiger partial charge in [0.05, 0.1) is 20.2 Å². The Morgan fingerprint density at radius 3 is 2.51 bits per heavy atom. The molecule has 39 heavy (non-hydrogen) atoms. The summed E-state index contributed by atoms with van der Waals surface area (Å²) in [7, 11) is 1.63. The Morgan fingerprint density at radius 1 is 1.00 bits per heavy atom. The fraction of sp³-hybridized carbons (Fsp3) is 0.312. The number of aromatic nitrogens is 1. The lowest BCUT2D eigenvalue weighted by atomic mass is 9.83. The number of nitrogens with one attached hydrogen (secondary N) is 1. The van der Waals surface area contributed by atoms with Gasteiger partial charge in [-0.25, -0.2) is 0 Å². The van der Waals surface area contributed by atoms with Crippen molar-refractivity contribution >= 4 is 38.6 Å². The molecular formula is C32H32BrN3O3. The number of carbonyl (C=O) groups is 2. The number of nitrogens with zero attached hydrogens (tertiary/aromatic N) is 2. The molecule has 0 radical (unpaired) electrons. The van der Waals surface area contributed by atoms with Crippen LogP contribution in [0.1, 0.15) is 53.7 Å². The highest BCUT2D eigenvalue weighted by molar-refractivity contribution is 9.10. The van der Waals surface area contributed by atoms with Gasteiger partial charge in [-0.05, 0) is 48.7 Å². The van der Waals surface area contributed by atoms with Crippen molar-refractivity contribution in [1.82, 2.24) is 14.8 Å². The van der Waals surface area contributed by atoms with Crippen molar-refractivity contribution < 1.29 is 14.3 Å². The second kappa shape index (κ2) is 10.5. The summed E-state index contributed by atoms with van der Waals surface area (Å²) in [6, 6.07) is 25.6. The highest BCUT2D eigenvalue weighted by Crippen LogP contribution is 2.41. The number of benzene rings is 3. The minimum Gasteiger partial charge on any atom is -0.496 e.